The number of allylic oxidation sites excluding steroid dienone is 2. The van der Waals surface area contributed by atoms with Crippen LogP contribution in [0.25, 0.3) is 11.1 Å². The van der Waals surface area contributed by atoms with Crippen molar-refractivity contribution in [3.63, 3.8) is 0 Å². The van der Waals surface area contributed by atoms with Crippen molar-refractivity contribution in [3.8, 4) is 11.1 Å². The molecule has 3 aliphatic rings. The normalized spacial score (nSPS) is 20.5. The molecule has 1 fully saturated rings. The van der Waals surface area contributed by atoms with Gasteiger partial charge in [-0.2, -0.15) is 0 Å². The number of rotatable bonds is 5. The third-order valence-electron chi connectivity index (χ3n) is 6.86. The first-order valence-electron chi connectivity index (χ1n) is 11.7. The summed E-state index contributed by atoms with van der Waals surface area (Å²) in [6.07, 6.45) is 11.0. The quantitative estimate of drug-likeness (QED) is 0.687. The largest absolute Gasteiger partial charge is 0.378 e. The van der Waals surface area contributed by atoms with E-state index in [9.17, 15) is 4.79 Å². The van der Waals surface area contributed by atoms with Gasteiger partial charge in [-0.3, -0.25) is 4.79 Å². The zero-order valence-electron chi connectivity index (χ0n) is 19.0. The Morgan fingerprint density at radius 2 is 2.00 bits per heavy atom. The third kappa shape index (κ3) is 4.09. The summed E-state index contributed by atoms with van der Waals surface area (Å²) in [7, 11) is 0. The number of benzene rings is 1. The molecule has 166 valence electrons. The van der Waals surface area contributed by atoms with Crippen LogP contribution in [0.2, 0.25) is 0 Å². The van der Waals surface area contributed by atoms with E-state index < -0.39 is 0 Å². The van der Waals surface area contributed by atoms with Crippen LogP contribution in [-0.4, -0.2) is 48.6 Å². The standard InChI is InChI=1S/C27H31N3O2/c1-3-20-4-6-21(7-5-20)17-30-18-24-15-23(14-19(2)26(24)27(30)31)22-8-9-25(28-16-22)29-10-12-32-13-11-29/h4,6-9,14-16,20H,3,5,10-13,17-18H2,1-2H3. The summed E-state index contributed by atoms with van der Waals surface area (Å²) in [5.74, 6) is 1.78. The lowest BCUT2D eigenvalue weighted by atomic mass is 9.94. The number of morpholine rings is 1. The fraction of sp³-hybridized carbons (Fsp3) is 0.407. The molecule has 1 amide bonds. The molecule has 3 heterocycles. The Balaban J connectivity index is 1.33. The van der Waals surface area contributed by atoms with Gasteiger partial charge in [0.2, 0.25) is 0 Å². The van der Waals surface area contributed by atoms with Gasteiger partial charge in [-0.05, 0) is 66.1 Å². The minimum atomic E-state index is 0.150. The average molecular weight is 430 g/mol. The third-order valence-corrected chi connectivity index (χ3v) is 6.86. The van der Waals surface area contributed by atoms with Crippen molar-refractivity contribution in [2.45, 2.75) is 33.2 Å². The lowest BCUT2D eigenvalue weighted by molar-refractivity contribution is 0.0792. The summed E-state index contributed by atoms with van der Waals surface area (Å²) < 4.78 is 5.44. The van der Waals surface area contributed by atoms with Crippen molar-refractivity contribution >= 4 is 11.7 Å². The van der Waals surface area contributed by atoms with Crippen molar-refractivity contribution < 1.29 is 9.53 Å². The average Bonchev–Trinajstić information content (AvgIpc) is 3.15. The van der Waals surface area contributed by atoms with E-state index in [1.165, 1.54) is 12.0 Å². The van der Waals surface area contributed by atoms with E-state index in [2.05, 4.69) is 54.3 Å². The highest BCUT2D eigenvalue weighted by Gasteiger charge is 2.30. The molecule has 5 nitrogen and oxygen atoms in total. The molecule has 2 aliphatic heterocycles. The van der Waals surface area contributed by atoms with Crippen LogP contribution in [0.4, 0.5) is 5.82 Å². The molecule has 5 rings (SSSR count). The minimum Gasteiger partial charge on any atom is -0.378 e. The van der Waals surface area contributed by atoms with E-state index in [1.807, 2.05) is 18.0 Å². The zero-order valence-corrected chi connectivity index (χ0v) is 19.0. The number of nitrogens with zero attached hydrogens (tertiary/aromatic N) is 3. The number of pyridine rings is 1. The molecule has 1 unspecified atom stereocenters. The van der Waals surface area contributed by atoms with Crippen molar-refractivity contribution in [1.82, 2.24) is 9.88 Å². The predicted molar refractivity (Wildman–Crippen MR) is 128 cm³/mol. The Labute approximate surface area is 190 Å². The molecule has 1 saturated heterocycles. The number of anilines is 1. The molecule has 1 aliphatic carbocycles. The molecule has 1 aromatic carbocycles. The summed E-state index contributed by atoms with van der Waals surface area (Å²) in [4.78, 5) is 22.1. The number of ether oxygens (including phenoxy) is 1. The minimum absolute atomic E-state index is 0.150. The monoisotopic (exact) mass is 429 g/mol. The van der Waals surface area contributed by atoms with Crippen molar-refractivity contribution in [1.29, 1.82) is 0 Å². The number of fused-ring (bicyclic) bond motifs is 1. The van der Waals surface area contributed by atoms with E-state index in [1.54, 1.807) is 0 Å². The summed E-state index contributed by atoms with van der Waals surface area (Å²) in [6.45, 7) is 8.90. The summed E-state index contributed by atoms with van der Waals surface area (Å²) in [6, 6.07) is 8.52. The van der Waals surface area contributed by atoms with E-state index in [0.717, 1.165) is 66.4 Å². The van der Waals surface area contributed by atoms with Crippen LogP contribution in [0.1, 0.15) is 41.3 Å². The van der Waals surface area contributed by atoms with Crippen LogP contribution in [0.5, 0.6) is 0 Å². The first-order chi connectivity index (χ1) is 15.6. The molecule has 1 aromatic heterocycles. The Kier molecular flexibility index (Phi) is 5.83. The number of carbonyl (C=O) groups is 1. The van der Waals surface area contributed by atoms with Gasteiger partial charge >= 0.3 is 0 Å². The van der Waals surface area contributed by atoms with Gasteiger partial charge in [0.15, 0.2) is 0 Å². The second kappa shape index (κ2) is 8.91. The number of carbonyl (C=O) groups excluding carboxylic acids is 1. The van der Waals surface area contributed by atoms with E-state index >= 15 is 0 Å². The number of hydrogen-bond donors (Lipinski definition) is 0. The molecule has 0 spiro atoms. The van der Waals surface area contributed by atoms with Crippen LogP contribution in [0, 0.1) is 12.8 Å². The maximum atomic E-state index is 13.1. The fourth-order valence-corrected chi connectivity index (χ4v) is 4.91. The highest BCUT2D eigenvalue weighted by Crippen LogP contribution is 2.32. The highest BCUT2D eigenvalue weighted by atomic mass is 16.5. The Hall–Kier alpha value is -2.92. The van der Waals surface area contributed by atoms with Crippen molar-refractivity contribution in [2.75, 3.05) is 37.7 Å². The van der Waals surface area contributed by atoms with Crippen LogP contribution < -0.4 is 4.90 Å². The summed E-state index contributed by atoms with van der Waals surface area (Å²) in [5, 5.41) is 0. The van der Waals surface area contributed by atoms with E-state index in [0.29, 0.717) is 19.0 Å². The maximum Gasteiger partial charge on any atom is 0.255 e. The molecular formula is C27H31N3O2. The number of aryl methyl sites for hydroxylation is 1. The Morgan fingerprint density at radius 1 is 1.16 bits per heavy atom. The molecule has 1 atom stereocenters. The SMILES string of the molecule is CCC1C=CC(CN2Cc3cc(-c4ccc(N5CCOCC5)nc4)cc(C)c3C2=O)=CC1. The molecular weight excluding hydrogens is 398 g/mol. The highest BCUT2D eigenvalue weighted by molar-refractivity contribution is 6.00. The topological polar surface area (TPSA) is 45.7 Å². The molecule has 32 heavy (non-hydrogen) atoms. The first kappa shape index (κ1) is 21.0. The molecule has 0 radical (unpaired) electrons. The fourth-order valence-electron chi connectivity index (χ4n) is 4.91. The zero-order chi connectivity index (χ0) is 22.1. The van der Waals surface area contributed by atoms with E-state index in [4.69, 9.17) is 9.72 Å². The molecule has 5 heteroatoms. The lowest BCUT2D eigenvalue weighted by Gasteiger charge is -2.27. The molecule has 0 saturated carbocycles. The number of hydrogen-bond acceptors (Lipinski definition) is 4. The van der Waals surface area contributed by atoms with Crippen LogP contribution in [-0.2, 0) is 11.3 Å². The smallest absolute Gasteiger partial charge is 0.255 e. The van der Waals surface area contributed by atoms with E-state index in [-0.39, 0.29) is 5.91 Å². The maximum absolute atomic E-state index is 13.1. The van der Waals surface area contributed by atoms with Crippen LogP contribution in [0.3, 0.4) is 0 Å². The Morgan fingerprint density at radius 3 is 2.69 bits per heavy atom. The number of aromatic nitrogens is 1. The van der Waals surface area contributed by atoms with Gasteiger partial charge < -0.3 is 14.5 Å². The summed E-state index contributed by atoms with van der Waals surface area (Å²) in [5.41, 5.74) is 6.49. The number of amides is 1. The van der Waals surface area contributed by atoms with Gasteiger partial charge in [-0.25, -0.2) is 4.98 Å². The lowest BCUT2D eigenvalue weighted by Crippen LogP contribution is -2.36. The van der Waals surface area contributed by atoms with Crippen LogP contribution in [0.15, 0.2) is 54.3 Å². The molecule has 0 N–H and O–H groups in total. The van der Waals surface area contributed by atoms with Crippen LogP contribution >= 0.6 is 0 Å². The van der Waals surface area contributed by atoms with Gasteiger partial charge in [-0.1, -0.05) is 31.2 Å². The van der Waals surface area contributed by atoms with Crippen molar-refractivity contribution in [3.05, 3.63) is 71.0 Å². The first-order valence-corrected chi connectivity index (χ1v) is 11.7. The van der Waals surface area contributed by atoms with Crippen molar-refractivity contribution in [2.24, 2.45) is 5.92 Å². The van der Waals surface area contributed by atoms with Gasteiger partial charge in [0.25, 0.3) is 5.91 Å². The Bertz CT molecular complexity index is 1070. The second-order valence-corrected chi connectivity index (χ2v) is 9.04. The van der Waals surface area contributed by atoms with Gasteiger partial charge in [0.1, 0.15) is 5.82 Å². The molecule has 0 bridgehead atoms. The summed E-state index contributed by atoms with van der Waals surface area (Å²) >= 11 is 0. The van der Waals surface area contributed by atoms with Gasteiger partial charge in [0.05, 0.1) is 13.2 Å². The van der Waals surface area contributed by atoms with Gasteiger partial charge in [0, 0.05) is 43.5 Å². The predicted octanol–water partition coefficient (Wildman–Crippen LogP) is 4.76. The van der Waals surface area contributed by atoms with Gasteiger partial charge in [-0.15, -0.1) is 0 Å². The molecule has 2 aromatic rings. The second-order valence-electron chi connectivity index (χ2n) is 9.04.